The summed E-state index contributed by atoms with van der Waals surface area (Å²) in [5.41, 5.74) is 2.57. The van der Waals surface area contributed by atoms with Crippen LogP contribution in [-0.2, 0) is 12.8 Å². The van der Waals surface area contributed by atoms with Crippen molar-refractivity contribution in [3.63, 3.8) is 0 Å². The number of hydrogen-bond donors (Lipinski definition) is 1. The van der Waals surface area contributed by atoms with E-state index in [9.17, 15) is 9.90 Å². The van der Waals surface area contributed by atoms with Crippen molar-refractivity contribution in [2.45, 2.75) is 25.7 Å². The lowest BCUT2D eigenvalue weighted by Crippen LogP contribution is -2.08. The minimum absolute atomic E-state index is 0.130. The molecule has 0 amide bonds. The molecule has 0 saturated heterocycles. The molecule has 3 rings (SSSR count). The van der Waals surface area contributed by atoms with E-state index in [-0.39, 0.29) is 5.69 Å². The standard InChI is InChI=1S/C14H12Cl2N2O2/c15-8-5-6-12(10(16)7-8)18-11-4-2-1-3-9(11)13(17-18)14(19)20/h5-7H,1-4H2,(H,19,20). The molecule has 0 unspecified atom stereocenters. The number of carbonyl (C=O) groups is 1. The molecule has 20 heavy (non-hydrogen) atoms. The Morgan fingerprint density at radius 2 is 2.00 bits per heavy atom. The SMILES string of the molecule is O=C(O)c1nn(-c2ccc(Cl)cc2Cl)c2c1CCCC2. The number of carboxylic acids is 1. The third-order valence-electron chi connectivity index (χ3n) is 3.52. The number of rotatable bonds is 2. The molecular weight excluding hydrogens is 299 g/mol. The van der Waals surface area contributed by atoms with Crippen molar-refractivity contribution in [3.05, 3.63) is 45.2 Å². The maximum absolute atomic E-state index is 11.3. The van der Waals surface area contributed by atoms with Crippen LogP contribution >= 0.6 is 23.2 Å². The summed E-state index contributed by atoms with van der Waals surface area (Å²) in [6, 6.07) is 5.12. The molecule has 4 nitrogen and oxygen atoms in total. The van der Waals surface area contributed by atoms with Gasteiger partial charge in [0.05, 0.1) is 10.7 Å². The van der Waals surface area contributed by atoms with Gasteiger partial charge in [0.2, 0.25) is 0 Å². The largest absolute Gasteiger partial charge is 0.476 e. The van der Waals surface area contributed by atoms with Crippen molar-refractivity contribution in [2.75, 3.05) is 0 Å². The quantitative estimate of drug-likeness (QED) is 0.919. The molecule has 1 aliphatic carbocycles. The van der Waals surface area contributed by atoms with Gasteiger partial charge in [0.25, 0.3) is 0 Å². The molecule has 0 atom stereocenters. The fourth-order valence-corrected chi connectivity index (χ4v) is 3.11. The lowest BCUT2D eigenvalue weighted by atomic mass is 9.95. The molecule has 0 bridgehead atoms. The normalized spacial score (nSPS) is 14.1. The summed E-state index contributed by atoms with van der Waals surface area (Å²) < 4.78 is 1.65. The molecule has 1 aromatic heterocycles. The molecule has 0 radical (unpaired) electrons. The van der Waals surface area contributed by atoms with Crippen LogP contribution in [0.5, 0.6) is 0 Å². The molecule has 0 spiro atoms. The summed E-state index contributed by atoms with van der Waals surface area (Å²) in [4.78, 5) is 11.3. The molecule has 2 aromatic rings. The summed E-state index contributed by atoms with van der Waals surface area (Å²) in [6.45, 7) is 0. The highest BCUT2D eigenvalue weighted by molar-refractivity contribution is 6.35. The predicted octanol–water partition coefficient (Wildman–Crippen LogP) is 3.76. The zero-order chi connectivity index (χ0) is 14.3. The van der Waals surface area contributed by atoms with Crippen molar-refractivity contribution in [3.8, 4) is 5.69 Å². The average Bonchev–Trinajstić information content (AvgIpc) is 2.78. The lowest BCUT2D eigenvalue weighted by molar-refractivity contribution is 0.0688. The molecule has 1 aromatic carbocycles. The van der Waals surface area contributed by atoms with Crippen molar-refractivity contribution >= 4 is 29.2 Å². The number of fused-ring (bicyclic) bond motifs is 1. The summed E-state index contributed by atoms with van der Waals surface area (Å²) in [5.74, 6) is -0.994. The van der Waals surface area contributed by atoms with Gasteiger partial charge in [0.1, 0.15) is 0 Å². The second-order valence-electron chi connectivity index (χ2n) is 4.79. The predicted molar refractivity (Wildman–Crippen MR) is 77.2 cm³/mol. The first-order valence-electron chi connectivity index (χ1n) is 6.37. The zero-order valence-corrected chi connectivity index (χ0v) is 12.1. The average molecular weight is 311 g/mol. The van der Waals surface area contributed by atoms with Crippen molar-refractivity contribution in [1.29, 1.82) is 0 Å². The molecule has 0 saturated carbocycles. The second kappa shape index (κ2) is 5.11. The number of aromatic carboxylic acids is 1. The van der Waals surface area contributed by atoms with Crippen LogP contribution < -0.4 is 0 Å². The van der Waals surface area contributed by atoms with E-state index in [0.29, 0.717) is 15.7 Å². The van der Waals surface area contributed by atoms with E-state index in [2.05, 4.69) is 5.10 Å². The first-order valence-corrected chi connectivity index (χ1v) is 7.13. The van der Waals surface area contributed by atoms with Crippen LogP contribution in [0.1, 0.15) is 34.6 Å². The van der Waals surface area contributed by atoms with Gasteiger partial charge in [-0.3, -0.25) is 0 Å². The van der Waals surface area contributed by atoms with E-state index < -0.39 is 5.97 Å². The van der Waals surface area contributed by atoms with Crippen LogP contribution in [0.25, 0.3) is 5.69 Å². The number of nitrogens with zero attached hydrogens (tertiary/aromatic N) is 2. The van der Waals surface area contributed by atoms with E-state index >= 15 is 0 Å². The Kier molecular flexibility index (Phi) is 3.44. The second-order valence-corrected chi connectivity index (χ2v) is 5.64. The van der Waals surface area contributed by atoms with Crippen LogP contribution in [0.15, 0.2) is 18.2 Å². The van der Waals surface area contributed by atoms with Crippen LogP contribution in [0.2, 0.25) is 10.0 Å². The first-order chi connectivity index (χ1) is 9.58. The highest BCUT2D eigenvalue weighted by atomic mass is 35.5. The Labute approximate surface area is 125 Å². The van der Waals surface area contributed by atoms with E-state index in [4.69, 9.17) is 23.2 Å². The Bertz CT molecular complexity index is 695. The molecule has 104 valence electrons. The molecular formula is C14H12Cl2N2O2. The van der Waals surface area contributed by atoms with Gasteiger partial charge in [-0.05, 0) is 43.9 Å². The minimum Gasteiger partial charge on any atom is -0.476 e. The van der Waals surface area contributed by atoms with Gasteiger partial charge < -0.3 is 5.11 Å². The van der Waals surface area contributed by atoms with Gasteiger partial charge in [-0.2, -0.15) is 5.10 Å². The highest BCUT2D eigenvalue weighted by Crippen LogP contribution is 2.30. The Morgan fingerprint density at radius 1 is 1.25 bits per heavy atom. The van der Waals surface area contributed by atoms with E-state index in [1.165, 1.54) is 0 Å². The maximum atomic E-state index is 11.3. The fourth-order valence-electron chi connectivity index (χ4n) is 2.62. The monoisotopic (exact) mass is 310 g/mol. The number of halogens is 2. The van der Waals surface area contributed by atoms with E-state index in [1.54, 1.807) is 22.9 Å². The number of carboxylic acid groups (broad SMARTS) is 1. The maximum Gasteiger partial charge on any atom is 0.356 e. The van der Waals surface area contributed by atoms with Gasteiger partial charge in [-0.25, -0.2) is 9.48 Å². The smallest absolute Gasteiger partial charge is 0.356 e. The topological polar surface area (TPSA) is 55.1 Å². The van der Waals surface area contributed by atoms with Gasteiger partial charge in [-0.15, -0.1) is 0 Å². The van der Waals surface area contributed by atoms with E-state index in [1.807, 2.05) is 0 Å². The van der Waals surface area contributed by atoms with E-state index in [0.717, 1.165) is 36.9 Å². The first kappa shape index (κ1) is 13.5. The number of hydrogen-bond acceptors (Lipinski definition) is 2. The van der Waals surface area contributed by atoms with Gasteiger partial charge >= 0.3 is 5.97 Å². The summed E-state index contributed by atoms with van der Waals surface area (Å²) >= 11 is 12.1. The molecule has 1 N–H and O–H groups in total. The molecule has 6 heteroatoms. The van der Waals surface area contributed by atoms with Crippen molar-refractivity contribution < 1.29 is 9.90 Å². The van der Waals surface area contributed by atoms with Gasteiger partial charge in [0.15, 0.2) is 5.69 Å². The van der Waals surface area contributed by atoms with Crippen LogP contribution in [0.3, 0.4) is 0 Å². The van der Waals surface area contributed by atoms with Crippen LogP contribution in [-0.4, -0.2) is 20.9 Å². The van der Waals surface area contributed by atoms with Gasteiger partial charge in [0, 0.05) is 16.3 Å². The third-order valence-corrected chi connectivity index (χ3v) is 4.06. The summed E-state index contributed by atoms with van der Waals surface area (Å²) in [7, 11) is 0. The fraction of sp³-hybridized carbons (Fsp3) is 0.286. The minimum atomic E-state index is -0.994. The third kappa shape index (κ3) is 2.19. The van der Waals surface area contributed by atoms with Crippen molar-refractivity contribution in [2.24, 2.45) is 0 Å². The van der Waals surface area contributed by atoms with Gasteiger partial charge in [-0.1, -0.05) is 23.2 Å². The number of benzene rings is 1. The number of aromatic nitrogens is 2. The summed E-state index contributed by atoms with van der Waals surface area (Å²) in [5, 5.41) is 14.5. The molecule has 1 heterocycles. The Morgan fingerprint density at radius 3 is 2.70 bits per heavy atom. The summed E-state index contributed by atoms with van der Waals surface area (Å²) in [6.07, 6.45) is 3.59. The van der Waals surface area contributed by atoms with Crippen LogP contribution in [0.4, 0.5) is 0 Å². The lowest BCUT2D eigenvalue weighted by Gasteiger charge is -2.14. The molecule has 0 aliphatic heterocycles. The molecule has 0 fully saturated rings. The Balaban J connectivity index is 2.21. The van der Waals surface area contributed by atoms with Crippen LogP contribution in [0, 0.1) is 0 Å². The zero-order valence-electron chi connectivity index (χ0n) is 10.6. The highest BCUT2D eigenvalue weighted by Gasteiger charge is 2.25. The Hall–Kier alpha value is -1.52. The molecule has 1 aliphatic rings. The van der Waals surface area contributed by atoms with Crippen molar-refractivity contribution in [1.82, 2.24) is 9.78 Å².